The number of rotatable bonds is 9. The Hall–Kier alpha value is -1.62. The third-order valence-electron chi connectivity index (χ3n) is 7.25. The van der Waals surface area contributed by atoms with E-state index >= 15 is 0 Å². The van der Waals surface area contributed by atoms with Crippen molar-refractivity contribution in [2.45, 2.75) is 84.5 Å². The normalized spacial score (nSPS) is 18.4. The summed E-state index contributed by atoms with van der Waals surface area (Å²) in [6.45, 7) is 13.3. The molecule has 0 N–H and O–H groups in total. The van der Waals surface area contributed by atoms with Crippen LogP contribution in [-0.4, -0.2) is 26.4 Å². The van der Waals surface area contributed by atoms with Crippen LogP contribution in [0.15, 0.2) is 71.8 Å². The molecule has 166 valence electrons. The second-order valence-corrected chi connectivity index (χ2v) is 14.0. The molecule has 0 spiro atoms. The first-order chi connectivity index (χ1) is 14.7. The third-order valence-corrected chi connectivity index (χ3v) is 11.9. The zero-order valence-electron chi connectivity index (χ0n) is 20.3. The summed E-state index contributed by atoms with van der Waals surface area (Å²) in [5.74, 6) is 2.33. The van der Waals surface area contributed by atoms with Crippen molar-refractivity contribution >= 4 is 25.6 Å². The summed E-state index contributed by atoms with van der Waals surface area (Å²) in [6.07, 6.45) is 6.12. The van der Waals surface area contributed by atoms with E-state index < -0.39 is 8.07 Å². The van der Waals surface area contributed by atoms with Gasteiger partial charge in [0.2, 0.25) is 0 Å². The molecular formula is C27H39BO2Si. The molecule has 0 aromatic heterocycles. The maximum absolute atomic E-state index is 6.41. The number of benzene rings is 2. The van der Waals surface area contributed by atoms with Gasteiger partial charge in [-0.15, -0.1) is 0 Å². The van der Waals surface area contributed by atoms with E-state index in [1.54, 1.807) is 0 Å². The summed E-state index contributed by atoms with van der Waals surface area (Å²) in [5, 5.41) is 4.40. The van der Waals surface area contributed by atoms with Crippen molar-refractivity contribution in [3.05, 3.63) is 71.8 Å². The lowest BCUT2D eigenvalue weighted by molar-refractivity contribution is 0.00578. The molecule has 0 radical (unpaired) electrons. The maximum atomic E-state index is 6.41. The molecule has 1 saturated heterocycles. The summed E-state index contributed by atoms with van der Waals surface area (Å²) < 4.78 is 12.8. The van der Waals surface area contributed by atoms with E-state index in [1.807, 2.05) is 0 Å². The predicted molar refractivity (Wildman–Crippen MR) is 137 cm³/mol. The average molecular weight is 435 g/mol. The summed E-state index contributed by atoms with van der Waals surface area (Å²) in [6, 6.07) is 22.2. The molecule has 0 amide bonds. The number of hydrogen-bond donors (Lipinski definition) is 0. The van der Waals surface area contributed by atoms with Gasteiger partial charge in [-0.1, -0.05) is 105 Å². The Kier molecular flexibility index (Phi) is 7.67. The minimum Gasteiger partial charge on any atom is -0.400 e. The molecule has 4 heteroatoms. The Balaban J connectivity index is 2.06. The first-order valence-electron chi connectivity index (χ1n) is 11.9. The third kappa shape index (κ3) is 5.24. The quantitative estimate of drug-likeness (QED) is 0.359. The Morgan fingerprint density at radius 3 is 1.74 bits per heavy atom. The molecule has 1 heterocycles. The Morgan fingerprint density at radius 1 is 0.806 bits per heavy atom. The van der Waals surface area contributed by atoms with Gasteiger partial charge in [-0.25, -0.2) is 0 Å². The molecule has 2 nitrogen and oxygen atoms in total. The molecular weight excluding hydrogens is 395 g/mol. The van der Waals surface area contributed by atoms with Gasteiger partial charge >= 0.3 is 7.12 Å². The number of hydrogen-bond acceptors (Lipinski definition) is 2. The number of unbranched alkanes of at least 4 members (excludes halogenated alkanes) is 3. The highest BCUT2D eigenvalue weighted by atomic mass is 28.3. The first kappa shape index (κ1) is 24.0. The van der Waals surface area contributed by atoms with Crippen LogP contribution in [0.4, 0.5) is 0 Å². The van der Waals surface area contributed by atoms with Crippen LogP contribution in [0.3, 0.4) is 0 Å². The second-order valence-electron chi connectivity index (χ2n) is 9.98. The van der Waals surface area contributed by atoms with E-state index in [0.717, 1.165) is 6.42 Å². The average Bonchev–Trinajstić information content (AvgIpc) is 2.97. The van der Waals surface area contributed by atoms with E-state index in [2.05, 4.69) is 108 Å². The Morgan fingerprint density at radius 2 is 1.29 bits per heavy atom. The molecule has 2 aromatic rings. The summed E-state index contributed by atoms with van der Waals surface area (Å²) >= 11 is 0. The van der Waals surface area contributed by atoms with Gasteiger partial charge < -0.3 is 9.31 Å². The van der Waals surface area contributed by atoms with Gasteiger partial charge in [-0.05, 0) is 50.9 Å². The zero-order chi connectivity index (χ0) is 22.5. The van der Waals surface area contributed by atoms with E-state index in [1.165, 1.54) is 41.3 Å². The van der Waals surface area contributed by atoms with Gasteiger partial charge in [-0.2, -0.15) is 0 Å². The van der Waals surface area contributed by atoms with Gasteiger partial charge in [0.05, 0.1) is 11.2 Å². The minimum atomic E-state index is -2.15. The minimum absolute atomic E-state index is 0.301. The van der Waals surface area contributed by atoms with Crippen molar-refractivity contribution in [2.24, 2.45) is 0 Å². The van der Waals surface area contributed by atoms with E-state index in [0.29, 0.717) is 0 Å². The van der Waals surface area contributed by atoms with Crippen molar-refractivity contribution in [1.29, 1.82) is 0 Å². The molecule has 31 heavy (non-hydrogen) atoms. The first-order valence-corrected chi connectivity index (χ1v) is 14.4. The van der Waals surface area contributed by atoms with Crippen LogP contribution in [0.1, 0.15) is 66.7 Å². The van der Waals surface area contributed by atoms with Gasteiger partial charge in [0.25, 0.3) is 0 Å². The van der Waals surface area contributed by atoms with Crippen LogP contribution in [0, 0.1) is 0 Å². The zero-order valence-corrected chi connectivity index (χ0v) is 21.3. The highest BCUT2D eigenvalue weighted by molar-refractivity contribution is 7.06. The molecule has 0 saturated carbocycles. The van der Waals surface area contributed by atoms with Crippen LogP contribution in [0.2, 0.25) is 6.55 Å². The van der Waals surface area contributed by atoms with E-state index in [9.17, 15) is 0 Å². The SMILES string of the molecule is CCCCCC/C(=C/B1OC(C)(C)C(C)(C)O1)[Si](C)(c1ccccc1)c1ccccc1. The van der Waals surface area contributed by atoms with Crippen molar-refractivity contribution in [3.63, 3.8) is 0 Å². The Labute approximate surface area is 191 Å². The van der Waals surface area contributed by atoms with Crippen LogP contribution in [-0.2, 0) is 9.31 Å². The molecule has 0 aliphatic carbocycles. The molecule has 0 unspecified atom stereocenters. The lowest BCUT2D eigenvalue weighted by atomic mass is 9.89. The molecule has 3 rings (SSSR count). The standard InChI is InChI=1S/C27H39BO2Si/c1-7-8-9-12-21-25(22-28-29-26(2,3)27(4,5)30-28)31(6,23-17-13-10-14-18-23)24-19-15-11-16-20-24/h10-11,13-20,22H,7-9,12,21H2,1-6H3/b25-22-. The van der Waals surface area contributed by atoms with Gasteiger partial charge in [0, 0.05) is 0 Å². The van der Waals surface area contributed by atoms with Crippen LogP contribution in [0.5, 0.6) is 0 Å². The topological polar surface area (TPSA) is 18.5 Å². The van der Waals surface area contributed by atoms with Crippen LogP contribution in [0.25, 0.3) is 0 Å². The summed E-state index contributed by atoms with van der Waals surface area (Å²) in [7, 11) is -2.45. The van der Waals surface area contributed by atoms with Crippen LogP contribution < -0.4 is 10.4 Å². The van der Waals surface area contributed by atoms with Crippen molar-refractivity contribution in [2.75, 3.05) is 0 Å². The highest BCUT2D eigenvalue weighted by Gasteiger charge is 2.51. The Bertz CT molecular complexity index is 806. The van der Waals surface area contributed by atoms with Crippen molar-refractivity contribution in [1.82, 2.24) is 0 Å². The summed E-state index contributed by atoms with van der Waals surface area (Å²) in [5.41, 5.74) is -0.641. The van der Waals surface area contributed by atoms with E-state index in [-0.39, 0.29) is 18.3 Å². The molecule has 2 aromatic carbocycles. The van der Waals surface area contributed by atoms with Crippen LogP contribution >= 0.6 is 0 Å². The molecule has 1 aliphatic heterocycles. The second kappa shape index (κ2) is 9.89. The predicted octanol–water partition coefficient (Wildman–Crippen LogP) is 5.95. The fraction of sp³-hybridized carbons (Fsp3) is 0.481. The smallest absolute Gasteiger partial charge is 0.400 e. The lowest BCUT2D eigenvalue weighted by Gasteiger charge is -2.32. The van der Waals surface area contributed by atoms with Crippen molar-refractivity contribution < 1.29 is 9.31 Å². The largest absolute Gasteiger partial charge is 0.486 e. The van der Waals surface area contributed by atoms with Crippen molar-refractivity contribution in [3.8, 4) is 0 Å². The molecule has 0 atom stereocenters. The van der Waals surface area contributed by atoms with Gasteiger partial charge in [0.15, 0.2) is 0 Å². The maximum Gasteiger partial charge on any atom is 0.486 e. The summed E-state index contributed by atoms with van der Waals surface area (Å²) in [4.78, 5) is 0. The monoisotopic (exact) mass is 434 g/mol. The fourth-order valence-electron chi connectivity index (χ4n) is 4.44. The van der Waals surface area contributed by atoms with Gasteiger partial charge in [0.1, 0.15) is 8.07 Å². The molecule has 1 aliphatic rings. The fourth-order valence-corrected chi connectivity index (χ4v) is 8.38. The highest BCUT2D eigenvalue weighted by Crippen LogP contribution is 2.38. The van der Waals surface area contributed by atoms with Gasteiger partial charge in [-0.3, -0.25) is 0 Å². The molecule has 0 bridgehead atoms. The van der Waals surface area contributed by atoms with E-state index in [4.69, 9.17) is 9.31 Å². The lowest BCUT2D eigenvalue weighted by Crippen LogP contribution is -2.58. The number of allylic oxidation sites excluding steroid dienone is 1. The molecule has 1 fully saturated rings.